The molecule has 0 saturated carbocycles. The van der Waals surface area contributed by atoms with Gasteiger partial charge in [-0.25, -0.2) is 0 Å². The van der Waals surface area contributed by atoms with Crippen LogP contribution < -0.4 is 5.32 Å². The molecule has 1 atom stereocenters. The SMILES string of the molecule is CCCCCCCC(=O)C1CCCOCCN1. The van der Waals surface area contributed by atoms with Crippen LogP contribution in [0, 0.1) is 0 Å². The van der Waals surface area contributed by atoms with Gasteiger partial charge in [-0.3, -0.25) is 4.79 Å². The largest absolute Gasteiger partial charge is 0.380 e. The van der Waals surface area contributed by atoms with E-state index in [0.29, 0.717) is 5.78 Å². The number of nitrogens with one attached hydrogen (secondary N) is 1. The molecule has 100 valence electrons. The topological polar surface area (TPSA) is 38.3 Å². The quantitative estimate of drug-likeness (QED) is 0.696. The van der Waals surface area contributed by atoms with E-state index in [1.807, 2.05) is 0 Å². The zero-order chi connectivity index (χ0) is 12.3. The third-order valence-corrected chi connectivity index (χ3v) is 3.33. The first-order chi connectivity index (χ1) is 8.34. The van der Waals surface area contributed by atoms with Gasteiger partial charge in [0.2, 0.25) is 0 Å². The van der Waals surface area contributed by atoms with Crippen LogP contribution in [-0.4, -0.2) is 31.6 Å². The molecule has 1 fully saturated rings. The predicted molar refractivity (Wildman–Crippen MR) is 70.2 cm³/mol. The number of rotatable bonds is 7. The molecule has 0 aliphatic carbocycles. The molecule has 0 bridgehead atoms. The van der Waals surface area contributed by atoms with Gasteiger partial charge < -0.3 is 10.1 Å². The summed E-state index contributed by atoms with van der Waals surface area (Å²) in [7, 11) is 0. The molecule has 0 aromatic heterocycles. The molecule has 0 aromatic carbocycles. The van der Waals surface area contributed by atoms with E-state index in [0.717, 1.165) is 45.4 Å². The average Bonchev–Trinajstić information content (AvgIpc) is 2.28. The van der Waals surface area contributed by atoms with Crippen molar-refractivity contribution in [3.8, 4) is 0 Å². The zero-order valence-corrected chi connectivity index (χ0v) is 11.2. The van der Waals surface area contributed by atoms with Gasteiger partial charge in [-0.15, -0.1) is 0 Å². The lowest BCUT2D eigenvalue weighted by molar-refractivity contribution is -0.121. The molecular weight excluding hydrogens is 214 g/mol. The van der Waals surface area contributed by atoms with Crippen molar-refractivity contribution in [3.63, 3.8) is 0 Å². The number of ether oxygens (including phenoxy) is 1. The van der Waals surface area contributed by atoms with Crippen LogP contribution in [-0.2, 0) is 9.53 Å². The molecule has 1 rings (SSSR count). The molecule has 0 aromatic rings. The third kappa shape index (κ3) is 6.79. The monoisotopic (exact) mass is 241 g/mol. The fraction of sp³-hybridized carbons (Fsp3) is 0.929. The van der Waals surface area contributed by atoms with E-state index in [4.69, 9.17) is 4.74 Å². The van der Waals surface area contributed by atoms with Crippen LogP contribution in [0.25, 0.3) is 0 Å². The van der Waals surface area contributed by atoms with Gasteiger partial charge >= 0.3 is 0 Å². The normalized spacial score (nSPS) is 21.8. The number of Topliss-reactive ketones (excluding diaryl/α,β-unsaturated/α-hetero) is 1. The third-order valence-electron chi connectivity index (χ3n) is 3.33. The summed E-state index contributed by atoms with van der Waals surface area (Å²) < 4.78 is 5.35. The molecule has 0 radical (unpaired) electrons. The van der Waals surface area contributed by atoms with E-state index in [9.17, 15) is 4.79 Å². The summed E-state index contributed by atoms with van der Waals surface area (Å²) in [4.78, 5) is 12.0. The minimum atomic E-state index is 0.0880. The standard InChI is InChI=1S/C14H27NO2/c1-2-3-4-5-6-9-14(16)13-8-7-11-17-12-10-15-13/h13,15H,2-12H2,1H3. The summed E-state index contributed by atoms with van der Waals surface area (Å²) in [5, 5.41) is 3.30. The van der Waals surface area contributed by atoms with Crippen molar-refractivity contribution in [1.29, 1.82) is 0 Å². The van der Waals surface area contributed by atoms with Gasteiger partial charge in [-0.1, -0.05) is 32.6 Å². The van der Waals surface area contributed by atoms with Gasteiger partial charge in [0.25, 0.3) is 0 Å². The highest BCUT2D eigenvalue weighted by molar-refractivity contribution is 5.83. The second kappa shape index (κ2) is 9.60. The lowest BCUT2D eigenvalue weighted by atomic mass is 10.0. The highest BCUT2D eigenvalue weighted by atomic mass is 16.5. The van der Waals surface area contributed by atoms with E-state index >= 15 is 0 Å². The Morgan fingerprint density at radius 2 is 2.06 bits per heavy atom. The van der Waals surface area contributed by atoms with Crippen molar-refractivity contribution in [2.75, 3.05) is 19.8 Å². The minimum absolute atomic E-state index is 0.0880. The Hall–Kier alpha value is -0.410. The Labute approximate surface area is 105 Å². The maximum atomic E-state index is 12.0. The van der Waals surface area contributed by atoms with Crippen molar-refractivity contribution < 1.29 is 9.53 Å². The van der Waals surface area contributed by atoms with E-state index < -0.39 is 0 Å². The summed E-state index contributed by atoms with van der Waals surface area (Å²) in [5.41, 5.74) is 0. The first-order valence-corrected chi connectivity index (χ1v) is 7.18. The van der Waals surface area contributed by atoms with Crippen LogP contribution in [0.4, 0.5) is 0 Å². The maximum Gasteiger partial charge on any atom is 0.149 e. The molecule has 1 heterocycles. The second-order valence-corrected chi connectivity index (χ2v) is 4.89. The average molecular weight is 241 g/mol. The fourth-order valence-electron chi connectivity index (χ4n) is 2.25. The molecule has 1 saturated heterocycles. The Balaban J connectivity index is 2.11. The second-order valence-electron chi connectivity index (χ2n) is 4.89. The summed E-state index contributed by atoms with van der Waals surface area (Å²) in [6.07, 6.45) is 8.79. The van der Waals surface area contributed by atoms with Crippen LogP contribution in [0.5, 0.6) is 0 Å². The van der Waals surface area contributed by atoms with Gasteiger partial charge in [-0.05, 0) is 19.3 Å². The first kappa shape index (κ1) is 14.7. The van der Waals surface area contributed by atoms with Gasteiger partial charge in [0, 0.05) is 19.6 Å². The van der Waals surface area contributed by atoms with Crippen molar-refractivity contribution in [2.24, 2.45) is 0 Å². The molecule has 1 aliphatic rings. The minimum Gasteiger partial charge on any atom is -0.380 e. The smallest absolute Gasteiger partial charge is 0.149 e. The van der Waals surface area contributed by atoms with Crippen molar-refractivity contribution in [2.45, 2.75) is 64.3 Å². The molecule has 1 N–H and O–H groups in total. The van der Waals surface area contributed by atoms with Crippen molar-refractivity contribution >= 4 is 5.78 Å². The molecule has 3 heteroatoms. The van der Waals surface area contributed by atoms with Crippen LogP contribution >= 0.6 is 0 Å². The summed E-state index contributed by atoms with van der Waals surface area (Å²) in [6.45, 7) is 4.57. The number of unbranched alkanes of at least 4 members (excludes halogenated alkanes) is 4. The van der Waals surface area contributed by atoms with Gasteiger partial charge in [-0.2, -0.15) is 0 Å². The van der Waals surface area contributed by atoms with E-state index in [2.05, 4.69) is 12.2 Å². The number of carbonyl (C=O) groups is 1. The highest BCUT2D eigenvalue weighted by Crippen LogP contribution is 2.09. The molecule has 3 nitrogen and oxygen atoms in total. The molecule has 0 amide bonds. The lowest BCUT2D eigenvalue weighted by Crippen LogP contribution is -2.40. The molecule has 1 aliphatic heterocycles. The lowest BCUT2D eigenvalue weighted by Gasteiger charge is -2.20. The molecule has 0 spiro atoms. The first-order valence-electron chi connectivity index (χ1n) is 7.18. The number of carbonyl (C=O) groups excluding carboxylic acids is 1. The Morgan fingerprint density at radius 3 is 2.88 bits per heavy atom. The highest BCUT2D eigenvalue weighted by Gasteiger charge is 2.17. The molecule has 17 heavy (non-hydrogen) atoms. The van der Waals surface area contributed by atoms with Crippen LogP contribution in [0.2, 0.25) is 0 Å². The van der Waals surface area contributed by atoms with E-state index in [1.54, 1.807) is 0 Å². The van der Waals surface area contributed by atoms with Gasteiger partial charge in [0.1, 0.15) is 5.78 Å². The van der Waals surface area contributed by atoms with Crippen LogP contribution in [0.15, 0.2) is 0 Å². The van der Waals surface area contributed by atoms with Gasteiger partial charge in [0.15, 0.2) is 0 Å². The molecule has 1 unspecified atom stereocenters. The van der Waals surface area contributed by atoms with Crippen molar-refractivity contribution in [3.05, 3.63) is 0 Å². The van der Waals surface area contributed by atoms with Gasteiger partial charge in [0.05, 0.1) is 12.6 Å². The fourth-order valence-corrected chi connectivity index (χ4v) is 2.25. The summed E-state index contributed by atoms with van der Waals surface area (Å²) in [5.74, 6) is 0.406. The summed E-state index contributed by atoms with van der Waals surface area (Å²) >= 11 is 0. The Kier molecular flexibility index (Phi) is 8.28. The Morgan fingerprint density at radius 1 is 1.24 bits per heavy atom. The summed E-state index contributed by atoms with van der Waals surface area (Å²) in [6, 6.07) is 0.0880. The predicted octanol–water partition coefficient (Wildman–Crippen LogP) is 2.68. The van der Waals surface area contributed by atoms with E-state index in [1.165, 1.54) is 25.7 Å². The molecular formula is C14H27NO2. The zero-order valence-electron chi connectivity index (χ0n) is 11.2. The number of hydrogen-bond donors (Lipinski definition) is 1. The van der Waals surface area contributed by atoms with Crippen LogP contribution in [0.1, 0.15) is 58.3 Å². The van der Waals surface area contributed by atoms with Crippen molar-refractivity contribution in [1.82, 2.24) is 5.32 Å². The number of hydrogen-bond acceptors (Lipinski definition) is 3. The number of ketones is 1. The maximum absolute atomic E-state index is 12.0. The Bertz CT molecular complexity index is 198. The van der Waals surface area contributed by atoms with Crippen LogP contribution in [0.3, 0.4) is 0 Å². The van der Waals surface area contributed by atoms with E-state index in [-0.39, 0.29) is 6.04 Å².